The third-order valence-corrected chi connectivity index (χ3v) is 3.37. The number of rotatable bonds is 8. The van der Waals surface area contributed by atoms with Crippen LogP contribution in [-0.2, 0) is 0 Å². The number of aliphatic hydroxyl groups excluding tert-OH is 2. The largest absolute Gasteiger partial charge is 0.396 e. The molecule has 0 aromatic carbocycles. The van der Waals surface area contributed by atoms with E-state index < -0.39 is 0 Å². The van der Waals surface area contributed by atoms with Crippen molar-refractivity contribution in [2.45, 2.75) is 40.5 Å². The van der Waals surface area contributed by atoms with Crippen molar-refractivity contribution in [3.8, 4) is 0 Å². The molecule has 0 aromatic heterocycles. The molecule has 92 valence electrons. The minimum atomic E-state index is -0.0807. The van der Waals surface area contributed by atoms with Gasteiger partial charge < -0.3 is 15.5 Å². The average molecular weight is 217 g/mol. The maximum atomic E-state index is 9.37. The fourth-order valence-corrected chi connectivity index (χ4v) is 1.50. The predicted octanol–water partition coefficient (Wildman–Crippen LogP) is 1.39. The van der Waals surface area contributed by atoms with Crippen LogP contribution in [-0.4, -0.2) is 36.5 Å². The maximum Gasteiger partial charge on any atom is 0.0499 e. The fourth-order valence-electron chi connectivity index (χ4n) is 1.50. The lowest BCUT2D eigenvalue weighted by molar-refractivity contribution is 0.102. The summed E-state index contributed by atoms with van der Waals surface area (Å²) in [7, 11) is 0. The molecule has 0 radical (unpaired) electrons. The third-order valence-electron chi connectivity index (χ3n) is 3.37. The molecule has 0 atom stereocenters. The minimum absolute atomic E-state index is 0.00549. The highest BCUT2D eigenvalue weighted by Crippen LogP contribution is 2.24. The van der Waals surface area contributed by atoms with E-state index in [4.69, 9.17) is 5.11 Å². The van der Waals surface area contributed by atoms with E-state index in [0.29, 0.717) is 0 Å². The van der Waals surface area contributed by atoms with E-state index in [1.807, 2.05) is 13.8 Å². The van der Waals surface area contributed by atoms with Gasteiger partial charge in [-0.15, -0.1) is 0 Å². The summed E-state index contributed by atoms with van der Waals surface area (Å²) in [5.74, 6) is 0. The highest BCUT2D eigenvalue weighted by Gasteiger charge is 2.26. The summed E-state index contributed by atoms with van der Waals surface area (Å²) in [6.07, 6.45) is 1.96. The van der Waals surface area contributed by atoms with E-state index in [0.717, 1.165) is 25.9 Å². The van der Waals surface area contributed by atoms with E-state index in [1.54, 1.807) is 0 Å². The molecule has 0 aliphatic carbocycles. The van der Waals surface area contributed by atoms with Crippen molar-refractivity contribution in [2.75, 3.05) is 26.3 Å². The van der Waals surface area contributed by atoms with Gasteiger partial charge in [0, 0.05) is 37.1 Å². The molecule has 0 unspecified atom stereocenters. The van der Waals surface area contributed by atoms with Gasteiger partial charge >= 0.3 is 0 Å². The van der Waals surface area contributed by atoms with Gasteiger partial charge in [-0.05, 0) is 12.8 Å². The fraction of sp³-hybridized carbons (Fsp3) is 1.00. The first-order valence-electron chi connectivity index (χ1n) is 5.88. The summed E-state index contributed by atoms with van der Waals surface area (Å²) in [6, 6.07) is 0. The van der Waals surface area contributed by atoms with Crippen LogP contribution >= 0.6 is 0 Å². The molecule has 0 aliphatic heterocycles. The highest BCUT2D eigenvalue weighted by atomic mass is 16.3. The highest BCUT2D eigenvalue weighted by molar-refractivity contribution is 4.80. The summed E-state index contributed by atoms with van der Waals surface area (Å²) in [5.41, 5.74) is -0.0752. The van der Waals surface area contributed by atoms with Gasteiger partial charge in [0.15, 0.2) is 0 Å². The van der Waals surface area contributed by atoms with Crippen LogP contribution < -0.4 is 5.32 Å². The van der Waals surface area contributed by atoms with Crippen LogP contribution in [0.4, 0.5) is 0 Å². The molecule has 0 saturated carbocycles. The normalized spacial score (nSPS) is 13.2. The lowest BCUT2D eigenvalue weighted by atomic mass is 9.83. The molecular formula is C12H27NO2. The van der Waals surface area contributed by atoms with Crippen LogP contribution in [0.2, 0.25) is 0 Å². The van der Waals surface area contributed by atoms with E-state index >= 15 is 0 Å². The predicted molar refractivity (Wildman–Crippen MR) is 63.8 cm³/mol. The van der Waals surface area contributed by atoms with Crippen molar-refractivity contribution < 1.29 is 10.2 Å². The van der Waals surface area contributed by atoms with Gasteiger partial charge in [0.1, 0.15) is 0 Å². The average Bonchev–Trinajstić information content (AvgIpc) is 2.25. The van der Waals surface area contributed by atoms with Crippen molar-refractivity contribution in [3.05, 3.63) is 0 Å². The minimum Gasteiger partial charge on any atom is -0.396 e. The van der Waals surface area contributed by atoms with E-state index in [-0.39, 0.29) is 24.0 Å². The third kappa shape index (κ3) is 4.96. The Balaban J connectivity index is 4.02. The first-order valence-corrected chi connectivity index (χ1v) is 5.88. The van der Waals surface area contributed by atoms with Gasteiger partial charge in [-0.2, -0.15) is 0 Å². The second kappa shape index (κ2) is 6.46. The van der Waals surface area contributed by atoms with Gasteiger partial charge in [-0.1, -0.05) is 27.7 Å². The van der Waals surface area contributed by atoms with Crippen molar-refractivity contribution in [1.29, 1.82) is 0 Å². The van der Waals surface area contributed by atoms with Gasteiger partial charge in [0.2, 0.25) is 0 Å². The molecule has 0 rings (SSSR count). The van der Waals surface area contributed by atoms with Crippen molar-refractivity contribution in [3.63, 3.8) is 0 Å². The second-order valence-corrected chi connectivity index (χ2v) is 5.29. The van der Waals surface area contributed by atoms with E-state index in [1.165, 1.54) is 0 Å². The molecular weight excluding hydrogens is 190 g/mol. The number of hydrogen-bond acceptors (Lipinski definition) is 3. The molecule has 0 heterocycles. The quantitative estimate of drug-likeness (QED) is 0.576. The number of aliphatic hydroxyl groups is 2. The molecule has 3 N–H and O–H groups in total. The lowest BCUT2D eigenvalue weighted by Gasteiger charge is -2.32. The Morgan fingerprint density at radius 3 is 1.80 bits per heavy atom. The SMILES string of the molecule is CCC(CC)(CO)CNCC(C)(C)CO. The van der Waals surface area contributed by atoms with Crippen LogP contribution in [0.5, 0.6) is 0 Å². The van der Waals surface area contributed by atoms with Crippen LogP contribution in [0.15, 0.2) is 0 Å². The monoisotopic (exact) mass is 217 g/mol. The van der Waals surface area contributed by atoms with Crippen molar-refractivity contribution in [2.24, 2.45) is 10.8 Å². The molecule has 0 amide bonds. The molecule has 0 spiro atoms. The van der Waals surface area contributed by atoms with Crippen LogP contribution in [0.1, 0.15) is 40.5 Å². The number of nitrogens with one attached hydrogen (secondary N) is 1. The van der Waals surface area contributed by atoms with Crippen LogP contribution in [0.3, 0.4) is 0 Å². The van der Waals surface area contributed by atoms with Crippen LogP contribution in [0.25, 0.3) is 0 Å². The molecule has 0 saturated heterocycles. The topological polar surface area (TPSA) is 52.5 Å². The zero-order valence-electron chi connectivity index (χ0n) is 10.6. The Morgan fingerprint density at radius 2 is 1.47 bits per heavy atom. The van der Waals surface area contributed by atoms with Gasteiger partial charge in [-0.25, -0.2) is 0 Å². The number of hydrogen-bond donors (Lipinski definition) is 3. The molecule has 15 heavy (non-hydrogen) atoms. The molecule has 0 bridgehead atoms. The summed E-state index contributed by atoms with van der Waals surface area (Å²) >= 11 is 0. The Hall–Kier alpha value is -0.120. The van der Waals surface area contributed by atoms with Crippen molar-refractivity contribution in [1.82, 2.24) is 5.32 Å². The smallest absolute Gasteiger partial charge is 0.0499 e. The summed E-state index contributed by atoms with van der Waals surface area (Å²) in [5, 5.41) is 21.8. The van der Waals surface area contributed by atoms with E-state index in [2.05, 4.69) is 19.2 Å². The first-order chi connectivity index (χ1) is 6.95. The van der Waals surface area contributed by atoms with E-state index in [9.17, 15) is 5.11 Å². The lowest BCUT2D eigenvalue weighted by Crippen LogP contribution is -2.41. The standard InChI is InChI=1S/C12H27NO2/c1-5-12(6-2,10-15)8-13-7-11(3,4)9-14/h13-15H,5-10H2,1-4H3. The molecule has 3 heteroatoms. The Bertz CT molecular complexity index is 157. The summed E-state index contributed by atoms with van der Waals surface area (Å²) in [6.45, 7) is 10.3. The first kappa shape index (κ1) is 14.9. The molecule has 0 aromatic rings. The Kier molecular flexibility index (Phi) is 6.41. The zero-order valence-corrected chi connectivity index (χ0v) is 10.6. The van der Waals surface area contributed by atoms with Gasteiger partial charge in [-0.3, -0.25) is 0 Å². The maximum absolute atomic E-state index is 9.37. The van der Waals surface area contributed by atoms with Crippen molar-refractivity contribution >= 4 is 0 Å². The summed E-state index contributed by atoms with van der Waals surface area (Å²) < 4.78 is 0. The second-order valence-electron chi connectivity index (χ2n) is 5.29. The zero-order chi connectivity index (χ0) is 11.9. The molecule has 0 aliphatic rings. The molecule has 3 nitrogen and oxygen atoms in total. The molecule has 0 fully saturated rings. The Morgan fingerprint density at radius 1 is 0.933 bits per heavy atom. The summed E-state index contributed by atoms with van der Waals surface area (Å²) in [4.78, 5) is 0. The van der Waals surface area contributed by atoms with Gasteiger partial charge in [0.25, 0.3) is 0 Å². The van der Waals surface area contributed by atoms with Gasteiger partial charge in [0.05, 0.1) is 0 Å². The van der Waals surface area contributed by atoms with Crippen LogP contribution in [0, 0.1) is 10.8 Å². The Labute approximate surface area is 93.9 Å².